The van der Waals surface area contributed by atoms with Gasteiger partial charge in [-0.3, -0.25) is 9.59 Å². The maximum Gasteiger partial charge on any atom is 0.335 e. The molecule has 0 spiro atoms. The first-order chi connectivity index (χ1) is 11.4. The van der Waals surface area contributed by atoms with Gasteiger partial charge in [0.05, 0.1) is 18.1 Å². The molecule has 0 aromatic heterocycles. The van der Waals surface area contributed by atoms with E-state index in [1.165, 1.54) is 0 Å². The van der Waals surface area contributed by atoms with Crippen LogP contribution >= 0.6 is 11.6 Å². The van der Waals surface area contributed by atoms with Crippen LogP contribution in [0.1, 0.15) is 26.7 Å². The van der Waals surface area contributed by atoms with Gasteiger partial charge in [-0.15, -0.1) is 0 Å². The van der Waals surface area contributed by atoms with Crippen LogP contribution < -0.4 is 10.6 Å². The number of hydrogen-bond acceptors (Lipinski definition) is 4. The number of anilines is 1. The topological polar surface area (TPSA) is 84.5 Å². The number of hydrogen-bond donors (Lipinski definition) is 2. The number of ether oxygens (including phenoxy) is 1. The number of carbonyl (C=O) groups is 3. The lowest BCUT2D eigenvalue weighted by molar-refractivity contribution is -0.139. The quantitative estimate of drug-likeness (QED) is 0.799. The standard InChI is InChI=1S/C17H19ClN2O4/c1-3-24-17(23)14-8-11(16(22)19-10(14)2)9-15(21)20-13-6-4-12(18)5-7-13/h4-7,11H,3,8-9H2,1-2H3,(H,19,22)(H,20,21)/t11-/m0/s1. The Labute approximate surface area is 145 Å². The summed E-state index contributed by atoms with van der Waals surface area (Å²) < 4.78 is 4.99. The molecule has 0 aliphatic carbocycles. The summed E-state index contributed by atoms with van der Waals surface area (Å²) in [6, 6.07) is 6.68. The Kier molecular flexibility index (Phi) is 5.98. The zero-order valence-corrected chi connectivity index (χ0v) is 14.3. The summed E-state index contributed by atoms with van der Waals surface area (Å²) in [5.74, 6) is -1.65. The van der Waals surface area contributed by atoms with Gasteiger partial charge in [-0.2, -0.15) is 0 Å². The van der Waals surface area contributed by atoms with Gasteiger partial charge in [0.15, 0.2) is 0 Å². The minimum atomic E-state index is -0.611. The Bertz CT molecular complexity index is 682. The summed E-state index contributed by atoms with van der Waals surface area (Å²) in [7, 11) is 0. The number of benzene rings is 1. The molecular formula is C17H19ClN2O4. The molecular weight excluding hydrogens is 332 g/mol. The van der Waals surface area contributed by atoms with Crippen molar-refractivity contribution in [2.75, 3.05) is 11.9 Å². The van der Waals surface area contributed by atoms with Gasteiger partial charge in [-0.1, -0.05) is 11.6 Å². The molecule has 1 atom stereocenters. The molecule has 1 aliphatic rings. The first-order valence-corrected chi connectivity index (χ1v) is 8.01. The fraction of sp³-hybridized carbons (Fsp3) is 0.353. The molecule has 2 amide bonds. The zero-order valence-electron chi connectivity index (χ0n) is 13.5. The molecule has 2 rings (SSSR count). The monoisotopic (exact) mass is 350 g/mol. The van der Waals surface area contributed by atoms with Gasteiger partial charge in [0.1, 0.15) is 0 Å². The van der Waals surface area contributed by atoms with Gasteiger partial charge in [-0.05, 0) is 44.5 Å². The summed E-state index contributed by atoms with van der Waals surface area (Å²) in [5.41, 5.74) is 1.48. The van der Waals surface area contributed by atoms with Gasteiger partial charge < -0.3 is 15.4 Å². The third-order valence-electron chi connectivity index (χ3n) is 3.67. The fourth-order valence-electron chi connectivity index (χ4n) is 2.44. The van der Waals surface area contributed by atoms with E-state index in [0.717, 1.165) is 0 Å². The molecule has 0 fully saturated rings. The van der Waals surface area contributed by atoms with E-state index in [0.29, 0.717) is 22.0 Å². The van der Waals surface area contributed by atoms with E-state index in [1.54, 1.807) is 38.1 Å². The summed E-state index contributed by atoms with van der Waals surface area (Å²) in [6.07, 6.45) is 0.162. The number of carbonyl (C=O) groups excluding carboxylic acids is 3. The molecule has 0 bridgehead atoms. The maximum absolute atomic E-state index is 12.1. The van der Waals surface area contributed by atoms with E-state index in [1.807, 2.05) is 0 Å². The molecule has 6 nitrogen and oxygen atoms in total. The molecule has 1 aromatic carbocycles. The highest BCUT2D eigenvalue weighted by Gasteiger charge is 2.31. The second-order valence-electron chi connectivity index (χ2n) is 5.47. The average Bonchev–Trinajstić information content (AvgIpc) is 2.52. The molecule has 0 radical (unpaired) electrons. The Balaban J connectivity index is 2.01. The average molecular weight is 351 g/mol. The van der Waals surface area contributed by atoms with Crippen LogP contribution in [0.4, 0.5) is 5.69 Å². The molecule has 1 aliphatic heterocycles. The van der Waals surface area contributed by atoms with Crippen LogP contribution in [-0.4, -0.2) is 24.4 Å². The van der Waals surface area contributed by atoms with Crippen LogP contribution in [0.15, 0.2) is 35.5 Å². The van der Waals surface area contributed by atoms with Gasteiger partial charge in [0, 0.05) is 22.8 Å². The van der Waals surface area contributed by atoms with E-state index >= 15 is 0 Å². The molecule has 2 N–H and O–H groups in total. The summed E-state index contributed by atoms with van der Waals surface area (Å²) in [5, 5.41) is 5.91. The maximum atomic E-state index is 12.1. The SMILES string of the molecule is CCOC(=O)C1=C(C)NC(=O)[C@H](CC(=O)Nc2ccc(Cl)cc2)C1. The second-order valence-corrected chi connectivity index (χ2v) is 5.91. The van der Waals surface area contributed by atoms with Gasteiger partial charge in [0.2, 0.25) is 11.8 Å². The van der Waals surface area contributed by atoms with Crippen molar-refractivity contribution in [2.45, 2.75) is 26.7 Å². The lowest BCUT2D eigenvalue weighted by Crippen LogP contribution is -2.38. The van der Waals surface area contributed by atoms with Crippen LogP contribution in [0.3, 0.4) is 0 Å². The minimum absolute atomic E-state index is 0.0232. The second kappa shape index (κ2) is 7.97. The summed E-state index contributed by atoms with van der Waals surface area (Å²) in [6.45, 7) is 3.62. The Morgan fingerprint density at radius 1 is 1.33 bits per heavy atom. The highest BCUT2D eigenvalue weighted by molar-refractivity contribution is 6.30. The summed E-state index contributed by atoms with van der Waals surface area (Å²) in [4.78, 5) is 36.1. The van der Waals surface area contributed by atoms with Crippen LogP contribution in [0.25, 0.3) is 0 Å². The highest BCUT2D eigenvalue weighted by atomic mass is 35.5. The third kappa shape index (κ3) is 4.58. The predicted octanol–water partition coefficient (Wildman–Crippen LogP) is 2.64. The molecule has 1 heterocycles. The van der Waals surface area contributed by atoms with Crippen molar-refractivity contribution >= 4 is 35.1 Å². The van der Waals surface area contributed by atoms with E-state index in [9.17, 15) is 14.4 Å². The van der Waals surface area contributed by atoms with Crippen molar-refractivity contribution in [3.63, 3.8) is 0 Å². The lowest BCUT2D eigenvalue weighted by atomic mass is 9.90. The Morgan fingerprint density at radius 3 is 2.62 bits per heavy atom. The van der Waals surface area contributed by atoms with Crippen molar-refractivity contribution in [1.29, 1.82) is 0 Å². The van der Waals surface area contributed by atoms with E-state index < -0.39 is 11.9 Å². The molecule has 0 saturated carbocycles. The van der Waals surface area contributed by atoms with Crippen molar-refractivity contribution < 1.29 is 19.1 Å². The number of nitrogens with one attached hydrogen (secondary N) is 2. The predicted molar refractivity (Wildman–Crippen MR) is 90.3 cm³/mol. The van der Waals surface area contributed by atoms with Crippen LogP contribution in [0, 0.1) is 5.92 Å². The number of amides is 2. The van der Waals surface area contributed by atoms with Crippen LogP contribution in [0.5, 0.6) is 0 Å². The Hall–Kier alpha value is -2.34. The lowest BCUT2D eigenvalue weighted by Gasteiger charge is -2.24. The number of halogens is 1. The molecule has 0 unspecified atom stereocenters. The van der Waals surface area contributed by atoms with Crippen molar-refractivity contribution in [1.82, 2.24) is 5.32 Å². The zero-order chi connectivity index (χ0) is 17.7. The molecule has 7 heteroatoms. The minimum Gasteiger partial charge on any atom is -0.463 e. The number of esters is 1. The van der Waals surface area contributed by atoms with Gasteiger partial charge in [-0.25, -0.2) is 4.79 Å². The molecule has 24 heavy (non-hydrogen) atoms. The number of rotatable bonds is 5. The van der Waals surface area contributed by atoms with Gasteiger partial charge >= 0.3 is 5.97 Å². The van der Waals surface area contributed by atoms with Gasteiger partial charge in [0.25, 0.3) is 0 Å². The van der Waals surface area contributed by atoms with E-state index in [4.69, 9.17) is 16.3 Å². The van der Waals surface area contributed by atoms with Crippen LogP contribution in [-0.2, 0) is 19.1 Å². The van der Waals surface area contributed by atoms with Crippen molar-refractivity contribution in [3.8, 4) is 0 Å². The van der Waals surface area contributed by atoms with Crippen LogP contribution in [0.2, 0.25) is 5.02 Å². The molecule has 0 saturated heterocycles. The normalized spacial score (nSPS) is 17.3. The van der Waals surface area contributed by atoms with Crippen molar-refractivity contribution in [3.05, 3.63) is 40.6 Å². The summed E-state index contributed by atoms with van der Waals surface area (Å²) >= 11 is 5.79. The van der Waals surface area contributed by atoms with E-state index in [-0.39, 0.29) is 31.3 Å². The largest absolute Gasteiger partial charge is 0.463 e. The highest BCUT2D eigenvalue weighted by Crippen LogP contribution is 2.25. The Morgan fingerprint density at radius 2 is 2.00 bits per heavy atom. The first-order valence-electron chi connectivity index (χ1n) is 7.63. The molecule has 1 aromatic rings. The smallest absolute Gasteiger partial charge is 0.335 e. The number of allylic oxidation sites excluding steroid dienone is 1. The third-order valence-corrected chi connectivity index (χ3v) is 3.92. The first kappa shape index (κ1) is 18.0. The fourth-order valence-corrected chi connectivity index (χ4v) is 2.57. The molecule has 128 valence electrons. The van der Waals surface area contributed by atoms with E-state index in [2.05, 4.69) is 10.6 Å². The van der Waals surface area contributed by atoms with Crippen molar-refractivity contribution in [2.24, 2.45) is 5.92 Å².